The van der Waals surface area contributed by atoms with E-state index in [4.69, 9.17) is 10.7 Å². The van der Waals surface area contributed by atoms with Gasteiger partial charge in [0, 0.05) is 24.0 Å². The van der Waals surface area contributed by atoms with Gasteiger partial charge in [0.15, 0.2) is 10.8 Å². The number of nitrogens with two attached hydrogens (primary N) is 1. The lowest BCUT2D eigenvalue weighted by Crippen LogP contribution is -2.23. The number of hydrogen-bond acceptors (Lipinski definition) is 5. The van der Waals surface area contributed by atoms with E-state index in [1.807, 2.05) is 30.1 Å². The average Bonchev–Trinajstić information content (AvgIpc) is 3.06. The number of rotatable bonds is 4. The summed E-state index contributed by atoms with van der Waals surface area (Å²) in [5.41, 5.74) is 7.23. The largest absolute Gasteiger partial charge is 0.327 e. The highest BCUT2D eigenvalue weighted by atomic mass is 32.1. The number of thiazole rings is 1. The molecule has 0 fully saturated rings. The van der Waals surface area contributed by atoms with E-state index in [1.165, 1.54) is 0 Å². The molecule has 7 heteroatoms. The van der Waals surface area contributed by atoms with E-state index in [0.717, 1.165) is 41.0 Å². The van der Waals surface area contributed by atoms with Crippen molar-refractivity contribution in [3.05, 3.63) is 28.9 Å². The van der Waals surface area contributed by atoms with Gasteiger partial charge in [0.1, 0.15) is 11.6 Å². The zero-order valence-electron chi connectivity index (χ0n) is 11.9. The van der Waals surface area contributed by atoms with Crippen LogP contribution >= 0.6 is 11.3 Å². The number of fused-ring (bicyclic) bond motifs is 1. The number of aromatic nitrogens is 5. The second-order valence-electron chi connectivity index (χ2n) is 4.93. The maximum Gasteiger partial charge on any atom is 0.195 e. The summed E-state index contributed by atoms with van der Waals surface area (Å²) in [5.74, 6) is 2.45. The zero-order chi connectivity index (χ0) is 14.3. The molecule has 3 rings (SSSR count). The fraction of sp³-hybridized carbons (Fsp3) is 0.462. The molecular weight excluding hydrogens is 272 g/mol. The molecule has 106 valence electrons. The first-order valence-electron chi connectivity index (χ1n) is 6.70. The maximum absolute atomic E-state index is 6.13. The zero-order valence-corrected chi connectivity index (χ0v) is 12.7. The van der Waals surface area contributed by atoms with Gasteiger partial charge in [-0.2, -0.15) is 9.67 Å². The van der Waals surface area contributed by atoms with Crippen molar-refractivity contribution in [2.24, 2.45) is 5.73 Å². The van der Waals surface area contributed by atoms with E-state index < -0.39 is 0 Å². The predicted octanol–water partition coefficient (Wildman–Crippen LogP) is 1.87. The Labute approximate surface area is 121 Å². The first kappa shape index (κ1) is 13.3. The number of aryl methyl sites for hydroxylation is 2. The van der Waals surface area contributed by atoms with Gasteiger partial charge < -0.3 is 5.73 Å². The summed E-state index contributed by atoms with van der Waals surface area (Å²) >= 11 is 1.61. The predicted molar refractivity (Wildman–Crippen MR) is 79.4 cm³/mol. The van der Waals surface area contributed by atoms with Crippen LogP contribution in [0, 0.1) is 13.8 Å². The van der Waals surface area contributed by atoms with Gasteiger partial charge in [-0.05, 0) is 20.3 Å². The lowest BCUT2D eigenvalue weighted by molar-refractivity contribution is 0.628. The van der Waals surface area contributed by atoms with Gasteiger partial charge in [-0.15, -0.1) is 16.4 Å². The Morgan fingerprint density at radius 3 is 2.80 bits per heavy atom. The molecule has 0 radical (unpaired) electrons. The van der Waals surface area contributed by atoms with Crippen LogP contribution in [-0.4, -0.2) is 30.2 Å². The second kappa shape index (κ2) is 4.99. The molecule has 0 aliphatic carbocycles. The second-order valence-corrected chi connectivity index (χ2v) is 5.80. The van der Waals surface area contributed by atoms with E-state index in [9.17, 15) is 0 Å². The van der Waals surface area contributed by atoms with E-state index in [1.54, 1.807) is 11.3 Å². The number of nitrogens with zero attached hydrogens (tertiary/aromatic N) is 5. The average molecular weight is 290 g/mol. The van der Waals surface area contributed by atoms with Crippen molar-refractivity contribution >= 4 is 16.3 Å². The first-order valence-corrected chi connectivity index (χ1v) is 7.58. The van der Waals surface area contributed by atoms with Gasteiger partial charge in [0.05, 0.1) is 5.69 Å². The summed E-state index contributed by atoms with van der Waals surface area (Å²) in [6.45, 7) is 5.93. The molecule has 2 N–H and O–H groups in total. The van der Waals surface area contributed by atoms with E-state index in [-0.39, 0.29) is 6.04 Å². The Morgan fingerprint density at radius 1 is 1.35 bits per heavy atom. The molecule has 1 atom stereocenters. The Bertz CT molecular complexity index is 737. The van der Waals surface area contributed by atoms with Crippen LogP contribution in [0.5, 0.6) is 0 Å². The van der Waals surface area contributed by atoms with Crippen molar-refractivity contribution in [2.75, 3.05) is 0 Å². The quantitative estimate of drug-likeness (QED) is 0.796. The molecule has 0 aliphatic rings. The third-order valence-corrected chi connectivity index (χ3v) is 4.15. The molecule has 20 heavy (non-hydrogen) atoms. The van der Waals surface area contributed by atoms with Gasteiger partial charge in [-0.3, -0.25) is 4.40 Å². The smallest absolute Gasteiger partial charge is 0.195 e. The number of imidazole rings is 1. The highest BCUT2D eigenvalue weighted by Crippen LogP contribution is 2.22. The molecule has 1 unspecified atom stereocenters. The maximum atomic E-state index is 6.13. The normalized spacial score (nSPS) is 13.2. The topological polar surface area (TPSA) is 74.0 Å². The van der Waals surface area contributed by atoms with Crippen molar-refractivity contribution in [1.82, 2.24) is 24.1 Å². The third kappa shape index (κ3) is 2.12. The lowest BCUT2D eigenvalue weighted by atomic mass is 10.1. The van der Waals surface area contributed by atoms with E-state index in [0.29, 0.717) is 0 Å². The Kier molecular flexibility index (Phi) is 3.31. The molecule has 3 aromatic rings. The van der Waals surface area contributed by atoms with Crippen LogP contribution in [0.15, 0.2) is 11.6 Å². The monoisotopic (exact) mass is 290 g/mol. The first-order chi connectivity index (χ1) is 9.60. The SMILES string of the molecule is CCC(N)Cc1c(-n2nc(C)nc2C)nc2sccn12. The molecular formula is C13H18N6S. The minimum atomic E-state index is 0.124. The molecule has 0 aromatic carbocycles. The number of hydrogen-bond donors (Lipinski definition) is 1. The fourth-order valence-corrected chi connectivity index (χ4v) is 3.02. The van der Waals surface area contributed by atoms with Crippen LogP contribution in [0.2, 0.25) is 0 Å². The van der Waals surface area contributed by atoms with Crippen molar-refractivity contribution in [3.8, 4) is 5.82 Å². The summed E-state index contributed by atoms with van der Waals surface area (Å²) in [4.78, 5) is 10.0. The van der Waals surface area contributed by atoms with Crippen LogP contribution in [0.4, 0.5) is 0 Å². The van der Waals surface area contributed by atoms with Crippen LogP contribution < -0.4 is 5.73 Å². The minimum absolute atomic E-state index is 0.124. The molecule has 0 spiro atoms. The van der Waals surface area contributed by atoms with Gasteiger partial charge in [0.25, 0.3) is 0 Å². The van der Waals surface area contributed by atoms with Crippen molar-refractivity contribution in [2.45, 2.75) is 39.7 Å². The Morgan fingerprint density at radius 2 is 2.15 bits per heavy atom. The summed E-state index contributed by atoms with van der Waals surface area (Å²) in [6, 6.07) is 0.124. The molecule has 6 nitrogen and oxygen atoms in total. The molecule has 3 heterocycles. The minimum Gasteiger partial charge on any atom is -0.327 e. The summed E-state index contributed by atoms with van der Waals surface area (Å²) in [7, 11) is 0. The highest BCUT2D eigenvalue weighted by Gasteiger charge is 2.19. The van der Waals surface area contributed by atoms with Crippen molar-refractivity contribution in [3.63, 3.8) is 0 Å². The van der Waals surface area contributed by atoms with Crippen LogP contribution in [0.3, 0.4) is 0 Å². The summed E-state index contributed by atoms with van der Waals surface area (Å²) < 4.78 is 3.92. The van der Waals surface area contributed by atoms with Gasteiger partial charge in [0.2, 0.25) is 0 Å². The fourth-order valence-electron chi connectivity index (χ4n) is 2.29. The van der Waals surface area contributed by atoms with E-state index >= 15 is 0 Å². The standard InChI is InChI=1S/C13H18N6S/c1-4-10(14)7-11-12(16-13-18(11)5-6-20-13)19-9(3)15-8(2)17-19/h5-6,10H,4,7,14H2,1-3H3. The van der Waals surface area contributed by atoms with Gasteiger partial charge in [-0.25, -0.2) is 4.98 Å². The van der Waals surface area contributed by atoms with Crippen LogP contribution in [-0.2, 0) is 6.42 Å². The van der Waals surface area contributed by atoms with Crippen LogP contribution in [0.25, 0.3) is 10.8 Å². The molecule has 0 amide bonds. The van der Waals surface area contributed by atoms with Crippen molar-refractivity contribution in [1.29, 1.82) is 0 Å². The molecule has 3 aromatic heterocycles. The van der Waals surface area contributed by atoms with Crippen LogP contribution in [0.1, 0.15) is 30.7 Å². The third-order valence-electron chi connectivity index (χ3n) is 3.40. The molecule has 0 aliphatic heterocycles. The van der Waals surface area contributed by atoms with E-state index in [2.05, 4.69) is 21.4 Å². The lowest BCUT2D eigenvalue weighted by Gasteiger charge is -2.10. The van der Waals surface area contributed by atoms with Gasteiger partial charge in [-0.1, -0.05) is 6.92 Å². The van der Waals surface area contributed by atoms with Gasteiger partial charge >= 0.3 is 0 Å². The van der Waals surface area contributed by atoms with Crippen molar-refractivity contribution < 1.29 is 0 Å². The summed E-state index contributed by atoms with van der Waals surface area (Å²) in [5, 5.41) is 6.48. The molecule has 0 saturated carbocycles. The molecule has 0 bridgehead atoms. The summed E-state index contributed by atoms with van der Waals surface area (Å²) in [6.07, 6.45) is 3.75. The Hall–Kier alpha value is -1.73. The highest BCUT2D eigenvalue weighted by molar-refractivity contribution is 7.15. The molecule has 0 saturated heterocycles. The Balaban J connectivity index is 2.16.